The first-order valence-electron chi connectivity index (χ1n) is 8.02. The number of morpholine rings is 1. The van der Waals surface area contributed by atoms with Crippen LogP contribution in [0.3, 0.4) is 0 Å². The van der Waals surface area contributed by atoms with Crippen molar-refractivity contribution in [3.8, 4) is 0 Å². The van der Waals surface area contributed by atoms with Crippen LogP contribution >= 0.6 is 0 Å². The van der Waals surface area contributed by atoms with E-state index in [1.807, 2.05) is 18.1 Å². The second-order valence-electron chi connectivity index (χ2n) is 6.22. The Morgan fingerprint density at radius 3 is 3.05 bits per heavy atom. The van der Waals surface area contributed by atoms with E-state index in [0.29, 0.717) is 44.8 Å². The van der Waals surface area contributed by atoms with Gasteiger partial charge in [-0.05, 0) is 24.8 Å². The Morgan fingerprint density at radius 1 is 1.50 bits per heavy atom. The summed E-state index contributed by atoms with van der Waals surface area (Å²) >= 11 is 0. The zero-order valence-corrected chi connectivity index (χ0v) is 13.0. The van der Waals surface area contributed by atoms with Crippen molar-refractivity contribution in [2.45, 2.75) is 38.1 Å². The van der Waals surface area contributed by atoms with Gasteiger partial charge in [-0.2, -0.15) is 5.10 Å². The average molecular weight is 305 g/mol. The van der Waals surface area contributed by atoms with Gasteiger partial charge in [0.2, 0.25) is 5.91 Å². The number of ketones is 1. The van der Waals surface area contributed by atoms with Crippen LogP contribution < -0.4 is 0 Å². The van der Waals surface area contributed by atoms with E-state index in [1.54, 1.807) is 10.9 Å². The Balaban J connectivity index is 1.62. The lowest BCUT2D eigenvalue weighted by Gasteiger charge is -2.38. The minimum absolute atomic E-state index is 0.0253. The van der Waals surface area contributed by atoms with Crippen LogP contribution in [0.25, 0.3) is 0 Å². The van der Waals surface area contributed by atoms with E-state index < -0.39 is 0 Å². The fourth-order valence-electron chi connectivity index (χ4n) is 3.51. The molecular weight excluding hydrogens is 282 g/mol. The number of Topliss-reactive ketones (excluding diaryl/α,β-unsaturated/α-hetero) is 1. The van der Waals surface area contributed by atoms with Crippen LogP contribution in [0.5, 0.6) is 0 Å². The molecule has 3 rings (SSSR count). The Morgan fingerprint density at radius 2 is 2.36 bits per heavy atom. The second kappa shape index (κ2) is 6.60. The van der Waals surface area contributed by atoms with Gasteiger partial charge in [-0.25, -0.2) is 0 Å². The molecule has 0 N–H and O–H groups in total. The van der Waals surface area contributed by atoms with Gasteiger partial charge in [0, 0.05) is 38.5 Å². The molecule has 6 heteroatoms. The van der Waals surface area contributed by atoms with Crippen molar-refractivity contribution in [2.75, 3.05) is 19.8 Å². The summed E-state index contributed by atoms with van der Waals surface area (Å²) in [6.07, 6.45) is 7.36. The molecule has 1 saturated heterocycles. The number of carbonyl (C=O) groups excluding carboxylic acids is 2. The molecule has 1 aliphatic heterocycles. The van der Waals surface area contributed by atoms with Gasteiger partial charge < -0.3 is 9.64 Å². The zero-order valence-electron chi connectivity index (χ0n) is 13.0. The molecule has 2 fully saturated rings. The van der Waals surface area contributed by atoms with Gasteiger partial charge in [0.25, 0.3) is 0 Å². The van der Waals surface area contributed by atoms with Crippen LogP contribution in [-0.2, 0) is 27.8 Å². The highest BCUT2D eigenvalue weighted by atomic mass is 16.5. The molecule has 1 saturated carbocycles. The molecule has 0 aromatic carbocycles. The molecule has 120 valence electrons. The quantitative estimate of drug-likeness (QED) is 0.831. The fraction of sp³-hybridized carbons (Fsp3) is 0.688. The topological polar surface area (TPSA) is 64.4 Å². The highest BCUT2D eigenvalue weighted by Gasteiger charge is 2.39. The summed E-state index contributed by atoms with van der Waals surface area (Å²) in [5.74, 6) is 0.389. The molecule has 2 atom stereocenters. The summed E-state index contributed by atoms with van der Waals surface area (Å²) in [6, 6.07) is -0.0647. The van der Waals surface area contributed by atoms with Crippen molar-refractivity contribution in [3.63, 3.8) is 0 Å². The molecule has 22 heavy (non-hydrogen) atoms. The van der Waals surface area contributed by atoms with E-state index >= 15 is 0 Å². The molecule has 0 bridgehead atoms. The van der Waals surface area contributed by atoms with Crippen molar-refractivity contribution < 1.29 is 14.3 Å². The molecule has 1 aliphatic carbocycles. The number of aromatic nitrogens is 2. The first-order valence-corrected chi connectivity index (χ1v) is 8.02. The zero-order chi connectivity index (χ0) is 15.5. The third-order valence-electron chi connectivity index (χ3n) is 4.69. The number of hydrogen-bond donors (Lipinski definition) is 0. The number of amides is 1. The molecule has 1 aromatic heterocycles. The third kappa shape index (κ3) is 3.21. The maximum atomic E-state index is 12.6. The van der Waals surface area contributed by atoms with Crippen molar-refractivity contribution in [1.29, 1.82) is 0 Å². The van der Waals surface area contributed by atoms with Gasteiger partial charge in [0.05, 0.1) is 25.5 Å². The average Bonchev–Trinajstić information content (AvgIpc) is 3.13. The smallest absolute Gasteiger partial charge is 0.223 e. The molecule has 2 heterocycles. The standard InChI is InChI=1S/C16H23N3O3/c1-18-10-12(9-17-18)5-6-16(21)19-7-8-22-11-14(19)13-3-2-4-15(13)20/h9-10,13-14H,2-8,11H2,1H3. The van der Waals surface area contributed by atoms with E-state index in [2.05, 4.69) is 5.10 Å². The maximum Gasteiger partial charge on any atom is 0.223 e. The Labute approximate surface area is 130 Å². The Kier molecular flexibility index (Phi) is 4.57. The van der Waals surface area contributed by atoms with Crippen molar-refractivity contribution in [2.24, 2.45) is 13.0 Å². The summed E-state index contributed by atoms with van der Waals surface area (Å²) in [7, 11) is 1.87. The summed E-state index contributed by atoms with van der Waals surface area (Å²) < 4.78 is 7.27. The van der Waals surface area contributed by atoms with Gasteiger partial charge in [-0.1, -0.05) is 0 Å². The summed E-state index contributed by atoms with van der Waals surface area (Å²) in [5, 5.41) is 4.12. The van der Waals surface area contributed by atoms with E-state index in [-0.39, 0.29) is 17.9 Å². The lowest BCUT2D eigenvalue weighted by Crippen LogP contribution is -2.53. The van der Waals surface area contributed by atoms with Gasteiger partial charge in [0.1, 0.15) is 5.78 Å². The highest BCUT2D eigenvalue weighted by molar-refractivity contribution is 5.85. The number of aryl methyl sites for hydroxylation is 2. The van der Waals surface area contributed by atoms with Gasteiger partial charge in [-0.3, -0.25) is 14.3 Å². The number of hydrogen-bond acceptors (Lipinski definition) is 4. The third-order valence-corrected chi connectivity index (χ3v) is 4.69. The van der Waals surface area contributed by atoms with Crippen molar-refractivity contribution in [1.82, 2.24) is 14.7 Å². The fourth-order valence-corrected chi connectivity index (χ4v) is 3.51. The Hall–Kier alpha value is -1.69. The maximum absolute atomic E-state index is 12.6. The summed E-state index contributed by atoms with van der Waals surface area (Å²) in [5.41, 5.74) is 1.07. The molecule has 1 aromatic rings. The molecule has 2 aliphatic rings. The van der Waals surface area contributed by atoms with E-state index in [9.17, 15) is 9.59 Å². The molecule has 0 radical (unpaired) electrons. The normalized spacial score (nSPS) is 25.7. The molecule has 1 amide bonds. The summed E-state index contributed by atoms with van der Waals surface area (Å²) in [4.78, 5) is 26.5. The molecule has 6 nitrogen and oxygen atoms in total. The predicted molar refractivity (Wildman–Crippen MR) is 80.2 cm³/mol. The van der Waals surface area contributed by atoms with Crippen LogP contribution in [0.15, 0.2) is 12.4 Å². The van der Waals surface area contributed by atoms with Gasteiger partial charge in [0.15, 0.2) is 0 Å². The number of rotatable bonds is 4. The van der Waals surface area contributed by atoms with Gasteiger partial charge in [-0.15, -0.1) is 0 Å². The number of carbonyl (C=O) groups is 2. The molecular formula is C16H23N3O3. The van der Waals surface area contributed by atoms with Crippen LogP contribution in [0, 0.1) is 5.92 Å². The van der Waals surface area contributed by atoms with Crippen LogP contribution in [-0.4, -0.2) is 52.2 Å². The van der Waals surface area contributed by atoms with Crippen molar-refractivity contribution in [3.05, 3.63) is 18.0 Å². The second-order valence-corrected chi connectivity index (χ2v) is 6.22. The number of nitrogens with zero attached hydrogens (tertiary/aromatic N) is 3. The first kappa shape index (κ1) is 15.2. The molecule has 2 unspecified atom stereocenters. The van der Waals surface area contributed by atoms with Crippen molar-refractivity contribution >= 4 is 11.7 Å². The van der Waals surface area contributed by atoms with Gasteiger partial charge >= 0.3 is 0 Å². The lowest BCUT2D eigenvalue weighted by atomic mass is 9.95. The van der Waals surface area contributed by atoms with E-state index in [1.165, 1.54) is 0 Å². The van der Waals surface area contributed by atoms with E-state index in [4.69, 9.17) is 4.74 Å². The molecule has 0 spiro atoms. The van der Waals surface area contributed by atoms with Crippen LogP contribution in [0.4, 0.5) is 0 Å². The minimum Gasteiger partial charge on any atom is -0.377 e. The minimum atomic E-state index is -0.0647. The van der Waals surface area contributed by atoms with E-state index in [0.717, 1.165) is 18.4 Å². The highest BCUT2D eigenvalue weighted by Crippen LogP contribution is 2.29. The first-order chi connectivity index (χ1) is 10.6. The summed E-state index contributed by atoms with van der Waals surface area (Å²) in [6.45, 7) is 1.66. The largest absolute Gasteiger partial charge is 0.377 e. The van der Waals surface area contributed by atoms with Crippen LogP contribution in [0.2, 0.25) is 0 Å². The van der Waals surface area contributed by atoms with Crippen LogP contribution in [0.1, 0.15) is 31.2 Å². The lowest BCUT2D eigenvalue weighted by molar-refractivity contribution is -0.144. The SMILES string of the molecule is Cn1cc(CCC(=O)N2CCOCC2C2CCCC2=O)cn1. The monoisotopic (exact) mass is 305 g/mol. The number of ether oxygens (including phenoxy) is 1. The Bertz CT molecular complexity index is 555. The predicted octanol–water partition coefficient (Wildman–Crippen LogP) is 0.949.